The number of rotatable bonds is 6. The molecule has 0 bridgehead atoms. The molecule has 0 amide bonds. The Labute approximate surface area is 111 Å². The van der Waals surface area contributed by atoms with Gasteiger partial charge in [-0.2, -0.15) is 0 Å². The number of ether oxygens (including phenoxy) is 2. The van der Waals surface area contributed by atoms with Crippen LogP contribution in [0, 0.1) is 0 Å². The molecule has 0 unspecified atom stereocenters. The van der Waals surface area contributed by atoms with Crippen LogP contribution in [0.3, 0.4) is 0 Å². The second-order valence-electron chi connectivity index (χ2n) is 3.50. The first-order chi connectivity index (χ1) is 8.63. The van der Waals surface area contributed by atoms with E-state index in [4.69, 9.17) is 21.1 Å². The molecule has 98 valence electrons. The van der Waals surface area contributed by atoms with E-state index in [1.165, 1.54) is 13.2 Å². The molecule has 0 heterocycles. The van der Waals surface area contributed by atoms with Crippen LogP contribution in [0.1, 0.15) is 34.1 Å². The van der Waals surface area contributed by atoms with Crippen molar-refractivity contribution in [2.24, 2.45) is 0 Å². The lowest BCUT2D eigenvalue weighted by molar-refractivity contribution is 0.0525. The largest absolute Gasteiger partial charge is 0.496 e. The average molecular weight is 271 g/mol. The van der Waals surface area contributed by atoms with Gasteiger partial charge >= 0.3 is 5.97 Å². The first-order valence-corrected chi connectivity index (χ1v) is 6.11. The highest BCUT2D eigenvalue weighted by molar-refractivity contribution is 6.19. The molecule has 4 nitrogen and oxygen atoms in total. The number of ketones is 1. The number of alkyl halides is 1. The molecule has 0 spiro atoms. The molecule has 0 aromatic heterocycles. The monoisotopic (exact) mass is 270 g/mol. The summed E-state index contributed by atoms with van der Waals surface area (Å²) < 4.78 is 9.98. The van der Waals surface area contributed by atoms with Gasteiger partial charge in [0.25, 0.3) is 0 Å². The van der Waals surface area contributed by atoms with E-state index >= 15 is 0 Å². The number of esters is 1. The van der Waals surface area contributed by atoms with Crippen molar-refractivity contribution in [1.29, 1.82) is 0 Å². The molecule has 1 aromatic rings. The van der Waals surface area contributed by atoms with Crippen LogP contribution in [0.15, 0.2) is 18.2 Å². The lowest BCUT2D eigenvalue weighted by Gasteiger charge is -2.09. The molecule has 1 rings (SSSR count). The number of carbonyl (C=O) groups excluding carboxylic acids is 2. The fraction of sp³-hybridized carbons (Fsp3) is 0.385. The van der Waals surface area contributed by atoms with Crippen molar-refractivity contribution in [2.75, 3.05) is 19.6 Å². The summed E-state index contributed by atoms with van der Waals surface area (Å²) in [6, 6.07) is 4.60. The van der Waals surface area contributed by atoms with Crippen molar-refractivity contribution in [3.05, 3.63) is 29.3 Å². The molecule has 18 heavy (non-hydrogen) atoms. The molecule has 0 aliphatic rings. The molecule has 0 saturated heterocycles. The standard InChI is InChI=1S/C13H15ClO4/c1-3-18-13(16)9-4-5-10(11(15)6-7-14)12(8-9)17-2/h4-5,8H,3,6-7H2,1-2H3. The summed E-state index contributed by atoms with van der Waals surface area (Å²) in [6.45, 7) is 2.03. The van der Waals surface area contributed by atoms with Gasteiger partial charge < -0.3 is 9.47 Å². The van der Waals surface area contributed by atoms with E-state index in [0.29, 0.717) is 23.5 Å². The van der Waals surface area contributed by atoms with Crippen LogP contribution in [0.5, 0.6) is 5.75 Å². The molecule has 5 heteroatoms. The van der Waals surface area contributed by atoms with Crippen LogP contribution in [0.25, 0.3) is 0 Å². The van der Waals surface area contributed by atoms with Crippen molar-refractivity contribution in [3.8, 4) is 5.75 Å². The Balaban J connectivity index is 3.03. The maximum Gasteiger partial charge on any atom is 0.338 e. The molecule has 0 aliphatic carbocycles. The number of hydrogen-bond acceptors (Lipinski definition) is 4. The second kappa shape index (κ2) is 7.01. The summed E-state index contributed by atoms with van der Waals surface area (Å²) in [5.74, 6) is 0.0572. The van der Waals surface area contributed by atoms with E-state index in [9.17, 15) is 9.59 Å². The third-order valence-corrected chi connectivity index (χ3v) is 2.52. The topological polar surface area (TPSA) is 52.6 Å². The zero-order valence-corrected chi connectivity index (χ0v) is 11.1. The van der Waals surface area contributed by atoms with E-state index in [1.807, 2.05) is 0 Å². The lowest BCUT2D eigenvalue weighted by atomic mass is 10.0. The van der Waals surface area contributed by atoms with Gasteiger partial charge in [-0.25, -0.2) is 4.79 Å². The van der Waals surface area contributed by atoms with Crippen molar-refractivity contribution >= 4 is 23.4 Å². The number of hydrogen-bond donors (Lipinski definition) is 0. The molecule has 0 aliphatic heterocycles. The Kier molecular flexibility index (Phi) is 5.65. The fourth-order valence-electron chi connectivity index (χ4n) is 1.48. The molecular weight excluding hydrogens is 256 g/mol. The Bertz CT molecular complexity index is 443. The van der Waals surface area contributed by atoms with Crippen LogP contribution < -0.4 is 4.74 Å². The number of Topliss-reactive ketones (excluding diaryl/α,β-unsaturated/α-hetero) is 1. The minimum absolute atomic E-state index is 0.114. The maximum absolute atomic E-state index is 11.8. The molecule has 0 radical (unpaired) electrons. The predicted octanol–water partition coefficient (Wildman–Crippen LogP) is 2.68. The molecule has 0 atom stereocenters. The number of benzene rings is 1. The summed E-state index contributed by atoms with van der Waals surface area (Å²) in [6.07, 6.45) is 0.233. The van der Waals surface area contributed by atoms with E-state index in [1.54, 1.807) is 19.1 Å². The molecule has 0 fully saturated rings. The maximum atomic E-state index is 11.8. The lowest BCUT2D eigenvalue weighted by Crippen LogP contribution is -2.08. The van der Waals surface area contributed by atoms with Gasteiger partial charge in [0.2, 0.25) is 0 Å². The molecule has 0 saturated carbocycles. The Hall–Kier alpha value is -1.55. The normalized spacial score (nSPS) is 9.94. The Morgan fingerprint density at radius 3 is 2.61 bits per heavy atom. The molecule has 0 N–H and O–H groups in total. The summed E-state index contributed by atoms with van der Waals surface area (Å²) in [7, 11) is 1.45. The van der Waals surface area contributed by atoms with Gasteiger partial charge in [0.1, 0.15) is 5.75 Å². The minimum atomic E-state index is -0.438. The van der Waals surface area contributed by atoms with Gasteiger partial charge in [-0.3, -0.25) is 4.79 Å². The summed E-state index contributed by atoms with van der Waals surface area (Å²) in [4.78, 5) is 23.3. The SMILES string of the molecule is CCOC(=O)c1ccc(C(=O)CCCl)c(OC)c1. The van der Waals surface area contributed by atoms with Crippen LogP contribution >= 0.6 is 11.6 Å². The predicted molar refractivity (Wildman–Crippen MR) is 68.6 cm³/mol. The fourth-order valence-corrected chi connectivity index (χ4v) is 1.66. The zero-order chi connectivity index (χ0) is 13.5. The van der Waals surface area contributed by atoms with E-state index < -0.39 is 5.97 Å². The van der Waals surface area contributed by atoms with Crippen molar-refractivity contribution < 1.29 is 19.1 Å². The van der Waals surface area contributed by atoms with Gasteiger partial charge in [0.05, 0.1) is 24.8 Å². The van der Waals surface area contributed by atoms with Crippen LogP contribution in [0.4, 0.5) is 0 Å². The Morgan fingerprint density at radius 1 is 1.33 bits per heavy atom. The van der Waals surface area contributed by atoms with Crippen LogP contribution in [-0.4, -0.2) is 31.3 Å². The third kappa shape index (κ3) is 3.47. The number of methoxy groups -OCH3 is 1. The third-order valence-electron chi connectivity index (χ3n) is 2.33. The molecule has 1 aromatic carbocycles. The smallest absolute Gasteiger partial charge is 0.338 e. The number of halogens is 1. The average Bonchev–Trinajstić information content (AvgIpc) is 2.38. The van der Waals surface area contributed by atoms with Crippen LogP contribution in [0.2, 0.25) is 0 Å². The van der Waals surface area contributed by atoms with Gasteiger partial charge in [-0.15, -0.1) is 11.6 Å². The summed E-state index contributed by atoms with van der Waals surface area (Å²) in [5.41, 5.74) is 0.780. The van der Waals surface area contributed by atoms with Gasteiger partial charge in [-0.1, -0.05) is 0 Å². The van der Waals surface area contributed by atoms with E-state index in [2.05, 4.69) is 0 Å². The first kappa shape index (κ1) is 14.5. The van der Waals surface area contributed by atoms with Crippen molar-refractivity contribution in [3.63, 3.8) is 0 Å². The quantitative estimate of drug-likeness (QED) is 0.453. The van der Waals surface area contributed by atoms with Crippen LogP contribution in [-0.2, 0) is 4.74 Å². The highest BCUT2D eigenvalue weighted by atomic mass is 35.5. The number of carbonyl (C=O) groups is 2. The minimum Gasteiger partial charge on any atom is -0.496 e. The van der Waals surface area contributed by atoms with Crippen molar-refractivity contribution in [1.82, 2.24) is 0 Å². The highest BCUT2D eigenvalue weighted by Crippen LogP contribution is 2.22. The molecular formula is C13H15ClO4. The highest BCUT2D eigenvalue weighted by Gasteiger charge is 2.15. The van der Waals surface area contributed by atoms with Gasteiger partial charge in [-0.05, 0) is 25.1 Å². The second-order valence-corrected chi connectivity index (χ2v) is 3.88. The van der Waals surface area contributed by atoms with E-state index in [0.717, 1.165) is 0 Å². The zero-order valence-electron chi connectivity index (χ0n) is 10.4. The van der Waals surface area contributed by atoms with E-state index in [-0.39, 0.29) is 18.1 Å². The first-order valence-electron chi connectivity index (χ1n) is 5.58. The Morgan fingerprint density at radius 2 is 2.06 bits per heavy atom. The summed E-state index contributed by atoms with van der Waals surface area (Å²) in [5, 5.41) is 0. The summed E-state index contributed by atoms with van der Waals surface area (Å²) >= 11 is 5.53. The van der Waals surface area contributed by atoms with Crippen molar-refractivity contribution in [2.45, 2.75) is 13.3 Å². The van der Waals surface area contributed by atoms with Gasteiger partial charge in [0, 0.05) is 12.3 Å². The van der Waals surface area contributed by atoms with Gasteiger partial charge in [0.15, 0.2) is 5.78 Å².